The Morgan fingerprint density at radius 3 is 2.45 bits per heavy atom. The van der Waals surface area contributed by atoms with Gasteiger partial charge < -0.3 is 4.74 Å². The molecule has 0 saturated carbocycles. The quantitative estimate of drug-likeness (QED) is 0.779. The molecule has 2 rings (SSSR count). The van der Waals surface area contributed by atoms with Crippen molar-refractivity contribution < 1.29 is 13.9 Å². The van der Waals surface area contributed by atoms with Gasteiger partial charge in [-0.15, -0.1) is 0 Å². The van der Waals surface area contributed by atoms with Gasteiger partial charge in [-0.05, 0) is 26.0 Å². The molecule has 2 aromatic carbocycles. The van der Waals surface area contributed by atoms with Gasteiger partial charge in [0, 0.05) is 11.6 Å². The molecule has 0 aliphatic rings. The monoisotopic (exact) mass is 292 g/mol. The van der Waals surface area contributed by atoms with Gasteiger partial charge in [0.15, 0.2) is 6.10 Å². The van der Waals surface area contributed by atoms with E-state index in [1.165, 1.54) is 18.2 Å². The number of carbonyl (C=O) groups is 1. The van der Waals surface area contributed by atoms with E-state index in [9.17, 15) is 9.18 Å². The number of carbonyl (C=O) groups excluding carboxylic acids is 1. The zero-order chi connectivity index (χ0) is 14.7. The zero-order valence-electron chi connectivity index (χ0n) is 11.2. The Morgan fingerprint density at radius 1 is 1.20 bits per heavy atom. The number of ketones is 1. The van der Waals surface area contributed by atoms with Crippen LogP contribution in [0.5, 0.6) is 5.75 Å². The molecule has 0 aliphatic carbocycles. The number of Topliss-reactive ketones (excluding diaryl/α,β-unsaturated/α-hetero) is 1. The Bertz CT molecular complexity index is 623. The summed E-state index contributed by atoms with van der Waals surface area (Å²) in [4.78, 5) is 12.2. The molecule has 104 valence electrons. The average molecular weight is 293 g/mol. The third kappa shape index (κ3) is 3.36. The molecule has 0 N–H and O–H groups in total. The summed E-state index contributed by atoms with van der Waals surface area (Å²) < 4.78 is 18.7. The van der Waals surface area contributed by atoms with Crippen LogP contribution >= 0.6 is 11.6 Å². The second-order valence-corrected chi connectivity index (χ2v) is 4.97. The first-order valence-corrected chi connectivity index (χ1v) is 6.58. The molecule has 4 heteroatoms. The van der Waals surface area contributed by atoms with Gasteiger partial charge in [-0.1, -0.05) is 41.4 Å². The van der Waals surface area contributed by atoms with Crippen molar-refractivity contribution in [3.05, 3.63) is 64.4 Å². The fraction of sp³-hybridized carbons (Fsp3) is 0.188. The van der Waals surface area contributed by atoms with Crippen LogP contribution in [0.25, 0.3) is 0 Å². The molecule has 0 bridgehead atoms. The van der Waals surface area contributed by atoms with E-state index in [-0.39, 0.29) is 16.6 Å². The van der Waals surface area contributed by atoms with E-state index < -0.39 is 11.9 Å². The van der Waals surface area contributed by atoms with Crippen molar-refractivity contribution in [3.63, 3.8) is 0 Å². The second kappa shape index (κ2) is 6.06. The summed E-state index contributed by atoms with van der Waals surface area (Å²) in [6, 6.07) is 11.3. The van der Waals surface area contributed by atoms with Crippen LogP contribution < -0.4 is 4.74 Å². The maximum atomic E-state index is 13.3. The predicted octanol–water partition coefficient (Wildman–Crippen LogP) is 4.44. The lowest BCUT2D eigenvalue weighted by atomic mass is 10.1. The molecule has 0 aliphatic heterocycles. The Morgan fingerprint density at radius 2 is 1.85 bits per heavy atom. The van der Waals surface area contributed by atoms with E-state index in [0.717, 1.165) is 5.56 Å². The van der Waals surface area contributed by atoms with Gasteiger partial charge in [0.05, 0.1) is 5.02 Å². The van der Waals surface area contributed by atoms with Crippen LogP contribution in [0.3, 0.4) is 0 Å². The van der Waals surface area contributed by atoms with Gasteiger partial charge in [-0.25, -0.2) is 4.39 Å². The number of hydrogen-bond acceptors (Lipinski definition) is 2. The normalized spacial score (nSPS) is 12.0. The average Bonchev–Trinajstić information content (AvgIpc) is 2.43. The molecular formula is C16H14ClFO2. The molecule has 1 atom stereocenters. The van der Waals surface area contributed by atoms with Crippen LogP contribution in [-0.2, 0) is 0 Å². The van der Waals surface area contributed by atoms with Crippen LogP contribution in [0.15, 0.2) is 42.5 Å². The number of benzene rings is 2. The highest BCUT2D eigenvalue weighted by molar-refractivity contribution is 6.30. The zero-order valence-corrected chi connectivity index (χ0v) is 11.9. The summed E-state index contributed by atoms with van der Waals surface area (Å²) >= 11 is 5.59. The highest BCUT2D eigenvalue weighted by Crippen LogP contribution is 2.22. The summed E-state index contributed by atoms with van der Waals surface area (Å²) in [7, 11) is 0. The summed E-state index contributed by atoms with van der Waals surface area (Å²) in [6.45, 7) is 3.58. The van der Waals surface area contributed by atoms with Gasteiger partial charge in [0.25, 0.3) is 0 Å². The molecule has 2 nitrogen and oxygen atoms in total. The fourth-order valence-electron chi connectivity index (χ4n) is 1.76. The summed E-state index contributed by atoms with van der Waals surface area (Å²) in [5.74, 6) is -0.445. The number of ether oxygens (including phenoxy) is 1. The summed E-state index contributed by atoms with van der Waals surface area (Å²) in [6.07, 6.45) is -0.696. The summed E-state index contributed by atoms with van der Waals surface area (Å²) in [5, 5.41) is 0.0230. The van der Waals surface area contributed by atoms with E-state index in [2.05, 4.69) is 0 Å². The Balaban J connectivity index is 2.11. The molecular weight excluding hydrogens is 279 g/mol. The highest BCUT2D eigenvalue weighted by Gasteiger charge is 2.17. The maximum Gasteiger partial charge on any atom is 0.202 e. The lowest BCUT2D eigenvalue weighted by Crippen LogP contribution is -2.23. The van der Waals surface area contributed by atoms with Gasteiger partial charge in [0.1, 0.15) is 11.6 Å². The van der Waals surface area contributed by atoms with E-state index >= 15 is 0 Å². The van der Waals surface area contributed by atoms with Crippen LogP contribution in [0.2, 0.25) is 5.02 Å². The topological polar surface area (TPSA) is 26.3 Å². The molecule has 0 fully saturated rings. The number of aryl methyl sites for hydroxylation is 1. The highest BCUT2D eigenvalue weighted by atomic mass is 35.5. The molecule has 2 aromatic rings. The minimum atomic E-state index is -0.696. The van der Waals surface area contributed by atoms with Crippen LogP contribution in [0, 0.1) is 12.7 Å². The second-order valence-electron chi connectivity index (χ2n) is 4.57. The third-order valence-corrected chi connectivity index (χ3v) is 3.22. The third-order valence-electron chi connectivity index (χ3n) is 2.91. The molecule has 0 radical (unpaired) electrons. The molecule has 1 unspecified atom stereocenters. The van der Waals surface area contributed by atoms with Crippen molar-refractivity contribution >= 4 is 17.4 Å². The summed E-state index contributed by atoms with van der Waals surface area (Å²) in [5.41, 5.74) is 1.65. The van der Waals surface area contributed by atoms with Crippen molar-refractivity contribution in [2.45, 2.75) is 20.0 Å². The van der Waals surface area contributed by atoms with Crippen molar-refractivity contribution in [2.75, 3.05) is 0 Å². The molecule has 0 amide bonds. The standard InChI is InChI=1S/C16H14ClFO2/c1-10-3-5-12(6-4-10)16(19)11(2)20-13-7-8-14(17)15(18)9-13/h3-9,11H,1-2H3. The Labute approximate surface area is 122 Å². The first-order valence-electron chi connectivity index (χ1n) is 6.20. The van der Waals surface area contributed by atoms with Crippen LogP contribution in [0.1, 0.15) is 22.8 Å². The van der Waals surface area contributed by atoms with E-state index in [4.69, 9.17) is 16.3 Å². The SMILES string of the molecule is Cc1ccc(C(=O)C(C)Oc2ccc(Cl)c(F)c2)cc1. The van der Waals surface area contributed by atoms with E-state index in [1.807, 2.05) is 19.1 Å². The fourth-order valence-corrected chi connectivity index (χ4v) is 1.88. The van der Waals surface area contributed by atoms with Crippen molar-refractivity contribution in [2.24, 2.45) is 0 Å². The van der Waals surface area contributed by atoms with Gasteiger partial charge in [-0.2, -0.15) is 0 Å². The van der Waals surface area contributed by atoms with Crippen molar-refractivity contribution in [3.8, 4) is 5.75 Å². The van der Waals surface area contributed by atoms with E-state index in [1.54, 1.807) is 19.1 Å². The maximum absolute atomic E-state index is 13.3. The molecule has 20 heavy (non-hydrogen) atoms. The minimum absolute atomic E-state index is 0.0230. The first kappa shape index (κ1) is 14.5. The smallest absolute Gasteiger partial charge is 0.202 e. The molecule has 0 heterocycles. The molecule has 0 aromatic heterocycles. The largest absolute Gasteiger partial charge is 0.482 e. The van der Waals surface area contributed by atoms with Crippen LogP contribution in [-0.4, -0.2) is 11.9 Å². The van der Waals surface area contributed by atoms with Crippen molar-refractivity contribution in [1.29, 1.82) is 0 Å². The minimum Gasteiger partial charge on any atom is -0.482 e. The number of halogens is 2. The number of rotatable bonds is 4. The first-order chi connectivity index (χ1) is 9.47. The lowest BCUT2D eigenvalue weighted by molar-refractivity contribution is 0.0817. The van der Waals surface area contributed by atoms with Gasteiger partial charge in [0.2, 0.25) is 5.78 Å². The Hall–Kier alpha value is -1.87. The van der Waals surface area contributed by atoms with Gasteiger partial charge in [-0.3, -0.25) is 4.79 Å². The van der Waals surface area contributed by atoms with Gasteiger partial charge >= 0.3 is 0 Å². The molecule has 0 saturated heterocycles. The molecule has 0 spiro atoms. The van der Waals surface area contributed by atoms with Crippen LogP contribution in [0.4, 0.5) is 4.39 Å². The number of hydrogen-bond donors (Lipinski definition) is 0. The lowest BCUT2D eigenvalue weighted by Gasteiger charge is -2.14. The Kier molecular flexibility index (Phi) is 4.40. The van der Waals surface area contributed by atoms with Crippen molar-refractivity contribution in [1.82, 2.24) is 0 Å². The predicted molar refractivity (Wildman–Crippen MR) is 77.0 cm³/mol. The van der Waals surface area contributed by atoms with E-state index in [0.29, 0.717) is 5.56 Å².